The Labute approximate surface area is 307 Å². The van der Waals surface area contributed by atoms with E-state index in [1.807, 2.05) is 24.3 Å². The second-order valence-corrected chi connectivity index (χ2v) is 14.5. The molecule has 51 heavy (non-hydrogen) atoms. The number of hydrogen-bond acceptors (Lipinski definition) is 10. The lowest BCUT2D eigenvalue weighted by molar-refractivity contribution is -0.161. The lowest BCUT2D eigenvalue weighted by Crippen LogP contribution is -2.29. The van der Waals surface area contributed by atoms with Gasteiger partial charge in [0, 0.05) is 12.8 Å². The summed E-state index contributed by atoms with van der Waals surface area (Å²) in [6.07, 6.45) is 28.5. The van der Waals surface area contributed by atoms with E-state index in [1.165, 1.54) is 44.9 Å². The van der Waals surface area contributed by atoms with Crippen LogP contribution in [0.25, 0.3) is 0 Å². The van der Waals surface area contributed by atoms with Crippen molar-refractivity contribution in [3.8, 4) is 0 Å². The van der Waals surface area contributed by atoms with E-state index in [4.69, 9.17) is 19.1 Å². The topological polar surface area (TPSA) is 169 Å². The normalized spacial score (nSPS) is 15.8. The molecule has 11 nitrogen and oxygen atoms in total. The van der Waals surface area contributed by atoms with Crippen molar-refractivity contribution in [2.24, 2.45) is 5.92 Å². The van der Waals surface area contributed by atoms with Crippen molar-refractivity contribution in [3.05, 3.63) is 48.6 Å². The highest BCUT2D eigenvalue weighted by atomic mass is 31.2. The summed E-state index contributed by atoms with van der Waals surface area (Å²) in [6.45, 7) is 4.41. The number of aliphatic hydroxyl groups is 3. The summed E-state index contributed by atoms with van der Waals surface area (Å²) in [5.41, 5.74) is 0. The lowest BCUT2D eigenvalue weighted by atomic mass is 10.00. The number of esters is 2. The van der Waals surface area contributed by atoms with Gasteiger partial charge in [-0.05, 0) is 50.9 Å². The third-order valence-corrected chi connectivity index (χ3v) is 9.06. The molecule has 0 aliphatic rings. The number of carbonyl (C=O) groups is 2. The Hall–Kier alpha value is -2.11. The van der Waals surface area contributed by atoms with E-state index in [-0.39, 0.29) is 19.4 Å². The molecule has 0 saturated heterocycles. The number of phosphoric acid groups is 1. The lowest BCUT2D eigenvalue weighted by Gasteiger charge is -2.20. The molecule has 0 radical (unpaired) electrons. The van der Waals surface area contributed by atoms with Crippen LogP contribution in [0, 0.1) is 5.92 Å². The Morgan fingerprint density at radius 3 is 2.14 bits per heavy atom. The fraction of sp³-hybridized carbons (Fsp3) is 0.744. The summed E-state index contributed by atoms with van der Waals surface area (Å²) in [7, 11) is -4.64. The first-order chi connectivity index (χ1) is 24.5. The van der Waals surface area contributed by atoms with E-state index >= 15 is 0 Å². The molecule has 0 aliphatic heterocycles. The molecule has 4 N–H and O–H groups in total. The number of hydrogen-bond donors (Lipinski definition) is 4. The molecule has 0 spiro atoms. The second-order valence-electron chi connectivity index (χ2n) is 13.0. The fourth-order valence-electron chi connectivity index (χ4n) is 4.69. The summed E-state index contributed by atoms with van der Waals surface area (Å²) in [5.74, 6) is -0.312. The average molecular weight is 745 g/mol. The molecular formula is C39H69O11P. The Balaban J connectivity index is 4.56. The van der Waals surface area contributed by atoms with Crippen molar-refractivity contribution < 1.29 is 52.9 Å². The Morgan fingerprint density at radius 2 is 1.41 bits per heavy atom. The van der Waals surface area contributed by atoms with Crippen molar-refractivity contribution in [2.75, 3.05) is 26.4 Å². The van der Waals surface area contributed by atoms with Gasteiger partial charge in [0.15, 0.2) is 6.10 Å². The third-order valence-electron chi connectivity index (χ3n) is 8.11. The summed E-state index contributed by atoms with van der Waals surface area (Å²) >= 11 is 0. The van der Waals surface area contributed by atoms with Gasteiger partial charge in [0.05, 0.1) is 25.9 Å². The average Bonchev–Trinajstić information content (AvgIpc) is 3.11. The number of carbonyl (C=O) groups excluding carboxylic acids is 2. The molecule has 12 heteroatoms. The Bertz CT molecular complexity index is 1030. The van der Waals surface area contributed by atoms with Gasteiger partial charge in [-0.3, -0.25) is 18.6 Å². The van der Waals surface area contributed by atoms with Gasteiger partial charge in [-0.1, -0.05) is 127 Å². The van der Waals surface area contributed by atoms with Gasteiger partial charge >= 0.3 is 19.8 Å². The maximum absolute atomic E-state index is 12.5. The molecular weight excluding hydrogens is 675 g/mol. The molecule has 0 fully saturated rings. The third kappa shape index (κ3) is 33.5. The van der Waals surface area contributed by atoms with Gasteiger partial charge in [0.1, 0.15) is 12.7 Å². The van der Waals surface area contributed by atoms with Gasteiger partial charge in [-0.2, -0.15) is 0 Å². The zero-order valence-corrected chi connectivity index (χ0v) is 32.5. The molecule has 0 aliphatic carbocycles. The van der Waals surface area contributed by atoms with Gasteiger partial charge < -0.3 is 29.7 Å². The van der Waals surface area contributed by atoms with Crippen LogP contribution in [-0.2, 0) is 32.7 Å². The molecule has 0 aromatic carbocycles. The first-order valence-electron chi connectivity index (χ1n) is 19.1. The van der Waals surface area contributed by atoms with Crippen LogP contribution in [0.15, 0.2) is 48.6 Å². The number of phosphoric ester groups is 1. The van der Waals surface area contributed by atoms with Gasteiger partial charge in [-0.25, -0.2) is 4.57 Å². The minimum Gasteiger partial charge on any atom is -0.462 e. The molecule has 3 unspecified atom stereocenters. The summed E-state index contributed by atoms with van der Waals surface area (Å²) in [5, 5.41) is 28.3. The summed E-state index contributed by atoms with van der Waals surface area (Å²) in [6, 6.07) is 0. The first kappa shape index (κ1) is 48.9. The summed E-state index contributed by atoms with van der Waals surface area (Å²) in [4.78, 5) is 34.8. The predicted molar refractivity (Wildman–Crippen MR) is 202 cm³/mol. The van der Waals surface area contributed by atoms with Crippen LogP contribution in [0.1, 0.15) is 136 Å². The largest absolute Gasteiger partial charge is 0.472 e. The van der Waals surface area contributed by atoms with Gasteiger partial charge in [0.25, 0.3) is 0 Å². The number of unbranched alkanes of at least 4 members (excludes halogenated alkanes) is 9. The van der Waals surface area contributed by atoms with E-state index in [2.05, 4.69) is 37.4 Å². The number of ether oxygens (including phenoxy) is 2. The molecule has 0 bridgehead atoms. The maximum atomic E-state index is 12.5. The molecule has 0 heterocycles. The van der Waals surface area contributed by atoms with Crippen LogP contribution in [0.5, 0.6) is 0 Å². The zero-order chi connectivity index (χ0) is 38.0. The van der Waals surface area contributed by atoms with Crippen molar-refractivity contribution in [3.63, 3.8) is 0 Å². The minimum absolute atomic E-state index is 0.105. The van der Waals surface area contributed by atoms with Crippen LogP contribution < -0.4 is 0 Å². The van der Waals surface area contributed by atoms with E-state index < -0.39 is 57.9 Å². The van der Waals surface area contributed by atoms with Crippen LogP contribution in [-0.4, -0.2) is 76.9 Å². The highest BCUT2D eigenvalue weighted by molar-refractivity contribution is 7.47. The van der Waals surface area contributed by atoms with Crippen molar-refractivity contribution in [2.45, 2.75) is 155 Å². The van der Waals surface area contributed by atoms with Crippen LogP contribution in [0.3, 0.4) is 0 Å². The van der Waals surface area contributed by atoms with Crippen LogP contribution in [0.4, 0.5) is 0 Å². The fourth-order valence-corrected chi connectivity index (χ4v) is 5.48. The molecule has 0 rings (SSSR count). The quantitative estimate of drug-likeness (QED) is 0.0165. The van der Waals surface area contributed by atoms with Crippen molar-refractivity contribution in [1.82, 2.24) is 0 Å². The van der Waals surface area contributed by atoms with E-state index in [9.17, 15) is 29.3 Å². The van der Waals surface area contributed by atoms with Crippen LogP contribution in [0.2, 0.25) is 0 Å². The molecule has 296 valence electrons. The number of aliphatic hydroxyl groups excluding tert-OH is 3. The minimum atomic E-state index is -4.64. The zero-order valence-electron chi connectivity index (χ0n) is 31.6. The molecule has 0 saturated carbocycles. The van der Waals surface area contributed by atoms with Gasteiger partial charge in [0.2, 0.25) is 0 Å². The van der Waals surface area contributed by atoms with E-state index in [0.29, 0.717) is 25.7 Å². The summed E-state index contributed by atoms with van der Waals surface area (Å²) < 4.78 is 32.4. The Morgan fingerprint density at radius 1 is 0.745 bits per heavy atom. The van der Waals surface area contributed by atoms with Gasteiger partial charge in [-0.15, -0.1) is 0 Å². The monoisotopic (exact) mass is 744 g/mol. The SMILES string of the molecule is CCCCC/C=C\C/C=C\CC(O)/C=C\C=C\CCCC(=O)OC[C@H](COP(=O)(O)OC[C@@H](O)CO)OC(=O)CCCCCCCCC(C)CC. The highest BCUT2D eigenvalue weighted by Gasteiger charge is 2.27. The Kier molecular flexibility index (Phi) is 32.3. The van der Waals surface area contributed by atoms with Crippen molar-refractivity contribution in [1.29, 1.82) is 0 Å². The standard InChI is InChI=1S/C39H69O11P/c1-4-6-7-8-9-10-11-16-21-26-35(41)27-22-17-14-19-23-28-38(43)47-32-37(33-49-51(45,46)48-31-36(42)30-40)50-39(44)29-24-18-13-12-15-20-25-34(3)5-2/h9-10,14,16-17,21-22,27,34-37,40-42H,4-8,11-13,15,18-20,23-26,28-33H2,1-3H3,(H,45,46)/b10-9-,17-14+,21-16-,27-22-/t34?,35?,36-,37+/m0/s1. The second kappa shape index (κ2) is 33.7. The molecule has 5 atom stereocenters. The molecule has 0 aromatic heterocycles. The predicted octanol–water partition coefficient (Wildman–Crippen LogP) is 8.21. The molecule has 0 aromatic rings. The van der Waals surface area contributed by atoms with E-state index in [1.54, 1.807) is 12.2 Å². The number of rotatable bonds is 34. The molecule has 0 amide bonds. The highest BCUT2D eigenvalue weighted by Crippen LogP contribution is 2.43. The number of allylic oxidation sites excluding steroid dienone is 6. The maximum Gasteiger partial charge on any atom is 0.472 e. The van der Waals surface area contributed by atoms with Crippen LogP contribution >= 0.6 is 7.82 Å². The van der Waals surface area contributed by atoms with Crippen molar-refractivity contribution >= 4 is 19.8 Å². The first-order valence-corrected chi connectivity index (χ1v) is 20.6. The smallest absolute Gasteiger partial charge is 0.462 e. The van der Waals surface area contributed by atoms with E-state index in [0.717, 1.165) is 38.0 Å².